The van der Waals surface area contributed by atoms with Gasteiger partial charge in [-0.1, -0.05) is 6.07 Å². The summed E-state index contributed by atoms with van der Waals surface area (Å²) in [4.78, 5) is 22.9. The van der Waals surface area contributed by atoms with Crippen LogP contribution in [0.15, 0.2) is 60.8 Å². The van der Waals surface area contributed by atoms with E-state index in [-0.39, 0.29) is 29.9 Å². The Balaban J connectivity index is 0.00000253. The van der Waals surface area contributed by atoms with Crippen LogP contribution in [-0.4, -0.2) is 70.3 Å². The number of fused-ring (bicyclic) bond motifs is 1. The third-order valence-corrected chi connectivity index (χ3v) is 6.00. The molecule has 4 rings (SSSR count). The van der Waals surface area contributed by atoms with Gasteiger partial charge in [0.05, 0.1) is 30.8 Å². The molecule has 0 bridgehead atoms. The molecule has 11 heteroatoms. The Morgan fingerprint density at radius 1 is 1.05 bits per heavy atom. The summed E-state index contributed by atoms with van der Waals surface area (Å²) in [5.41, 5.74) is 3.54. The van der Waals surface area contributed by atoms with Gasteiger partial charge in [-0.15, -0.1) is 0 Å². The van der Waals surface area contributed by atoms with Gasteiger partial charge in [0.15, 0.2) is 0 Å². The van der Waals surface area contributed by atoms with E-state index >= 15 is 0 Å². The van der Waals surface area contributed by atoms with E-state index in [2.05, 4.69) is 26.8 Å². The molecule has 0 aliphatic rings. The van der Waals surface area contributed by atoms with E-state index in [0.29, 0.717) is 29.5 Å². The average Bonchev–Trinajstić information content (AvgIpc) is 3.23. The van der Waals surface area contributed by atoms with Gasteiger partial charge in [0, 0.05) is 55.3 Å². The Hall–Kier alpha value is -3.55. The van der Waals surface area contributed by atoms with Crippen LogP contribution in [0.1, 0.15) is 22.5 Å². The molecule has 2 aromatic carbocycles. The number of aromatic nitrogens is 3. The van der Waals surface area contributed by atoms with Gasteiger partial charge in [-0.2, -0.15) is 0 Å². The monoisotopic (exact) mass is 513 g/mol. The number of anilines is 2. The molecule has 38 heavy (non-hydrogen) atoms. The molecule has 2 aromatic heterocycles. The number of nitrogens with one attached hydrogen (secondary N) is 1. The first-order valence-electron chi connectivity index (χ1n) is 11.8. The molecule has 0 amide bonds. The van der Waals surface area contributed by atoms with Crippen LogP contribution in [0.3, 0.4) is 0 Å². The zero-order chi connectivity index (χ0) is 25.5. The zero-order valence-corrected chi connectivity index (χ0v) is 22.2. The van der Waals surface area contributed by atoms with Crippen LogP contribution >= 0.6 is 0 Å². The van der Waals surface area contributed by atoms with Crippen molar-refractivity contribution in [2.45, 2.75) is 19.4 Å². The van der Waals surface area contributed by atoms with Gasteiger partial charge in [-0.25, -0.2) is 9.78 Å². The van der Waals surface area contributed by atoms with Crippen molar-refractivity contribution in [1.82, 2.24) is 19.4 Å². The largest absolute Gasteiger partial charge is 1.00 e. The molecule has 0 saturated heterocycles. The van der Waals surface area contributed by atoms with Crippen molar-refractivity contribution in [1.29, 1.82) is 0 Å². The van der Waals surface area contributed by atoms with Crippen LogP contribution in [0, 0.1) is 0 Å². The first kappa shape index (κ1) is 30.7. The Morgan fingerprint density at radius 3 is 2.42 bits per heavy atom. The van der Waals surface area contributed by atoms with E-state index < -0.39 is 5.97 Å². The van der Waals surface area contributed by atoms with Crippen LogP contribution in [0.5, 0.6) is 11.5 Å². The molecule has 2 heterocycles. The third-order valence-electron chi connectivity index (χ3n) is 6.00. The predicted octanol–water partition coefficient (Wildman–Crippen LogP) is 1.28. The summed E-state index contributed by atoms with van der Waals surface area (Å²) in [5, 5.41) is 12.8. The number of carbonyl (C=O) groups is 1. The molecule has 0 unspecified atom stereocenters. The minimum Gasteiger partial charge on any atom is -0.870 e. The van der Waals surface area contributed by atoms with Crippen molar-refractivity contribution < 1.29 is 43.7 Å². The van der Waals surface area contributed by atoms with Crippen LogP contribution in [0.25, 0.3) is 11.0 Å². The number of aromatic carboxylic acids is 1. The van der Waals surface area contributed by atoms with Gasteiger partial charge in [-0.05, 0) is 50.3 Å². The number of rotatable bonds is 12. The first-order valence-corrected chi connectivity index (χ1v) is 11.8. The second-order valence-corrected chi connectivity index (χ2v) is 8.55. The second-order valence-electron chi connectivity index (χ2n) is 8.55. The molecule has 0 saturated carbocycles. The fourth-order valence-electron chi connectivity index (χ4n) is 4.06. The number of imidazole rings is 1. The number of pyridine rings is 1. The van der Waals surface area contributed by atoms with Crippen LogP contribution in [0.4, 0.5) is 11.6 Å². The Kier molecular flexibility index (Phi) is 11.6. The van der Waals surface area contributed by atoms with Gasteiger partial charge in [0.25, 0.3) is 0 Å². The standard InChI is InChI=1S/C27H31N5O4.Li.H2O/c1-31(14-10-20-7-4-5-11-28-20)12-6-13-32-25-9-8-19(26(33)34)15-24(25)30-27(32)29-21-16-22(35-2)18-23(17-21)36-3;;/h4-5,7-9,11,15-18H,6,10,12-14H2,1-3H3,(H,29,30)(H,33,34);;1H2/q;+1;/p-1. The van der Waals surface area contributed by atoms with Gasteiger partial charge in [-0.3, -0.25) is 4.98 Å². The maximum Gasteiger partial charge on any atom is 1.00 e. The molecule has 0 fully saturated rings. The number of carboxylic acid groups (broad SMARTS) is 1. The average molecular weight is 514 g/mol. The Bertz CT molecular complexity index is 1310. The van der Waals surface area contributed by atoms with E-state index in [9.17, 15) is 9.90 Å². The Morgan fingerprint density at radius 2 is 1.79 bits per heavy atom. The normalized spacial score (nSPS) is 10.5. The van der Waals surface area contributed by atoms with Crippen molar-refractivity contribution in [3.63, 3.8) is 0 Å². The number of carboxylic acids is 1. The summed E-state index contributed by atoms with van der Waals surface area (Å²) in [7, 11) is 5.31. The summed E-state index contributed by atoms with van der Waals surface area (Å²) >= 11 is 0. The summed E-state index contributed by atoms with van der Waals surface area (Å²) in [5.74, 6) is 0.955. The van der Waals surface area contributed by atoms with Gasteiger partial charge < -0.3 is 34.8 Å². The second kappa shape index (κ2) is 14.4. The van der Waals surface area contributed by atoms with Gasteiger partial charge >= 0.3 is 24.8 Å². The fourth-order valence-corrected chi connectivity index (χ4v) is 4.06. The van der Waals surface area contributed by atoms with E-state index in [0.717, 1.165) is 42.8 Å². The van der Waals surface area contributed by atoms with Crippen molar-refractivity contribution >= 4 is 28.6 Å². The molecule has 0 radical (unpaired) electrons. The predicted molar refractivity (Wildman–Crippen MR) is 142 cm³/mol. The number of likely N-dealkylation sites (N-methyl/N-ethyl adjacent to an activating group) is 1. The quantitative estimate of drug-likeness (QED) is 0.269. The van der Waals surface area contributed by atoms with Crippen LogP contribution < -0.4 is 33.7 Å². The van der Waals surface area contributed by atoms with Crippen molar-refractivity contribution in [3.8, 4) is 11.5 Å². The fraction of sp³-hybridized carbons (Fsp3) is 0.296. The number of benzene rings is 2. The molecular formula is C27H32LiN5O5. The van der Waals surface area contributed by atoms with Crippen molar-refractivity contribution in [2.24, 2.45) is 0 Å². The van der Waals surface area contributed by atoms with Crippen molar-refractivity contribution in [3.05, 3.63) is 72.1 Å². The summed E-state index contributed by atoms with van der Waals surface area (Å²) in [6.07, 6.45) is 3.61. The maximum absolute atomic E-state index is 11.5. The first-order chi connectivity index (χ1) is 17.5. The minimum atomic E-state index is -0.979. The molecule has 0 atom stereocenters. The van der Waals surface area contributed by atoms with Crippen LogP contribution in [0.2, 0.25) is 0 Å². The number of hydrogen-bond acceptors (Lipinski definition) is 8. The number of hydrogen-bond donors (Lipinski definition) is 2. The summed E-state index contributed by atoms with van der Waals surface area (Å²) < 4.78 is 12.9. The molecule has 0 aliphatic heterocycles. The number of ether oxygens (including phenoxy) is 2. The third kappa shape index (κ3) is 7.73. The molecular weight excluding hydrogens is 481 g/mol. The molecule has 196 valence electrons. The molecule has 10 nitrogen and oxygen atoms in total. The summed E-state index contributed by atoms with van der Waals surface area (Å²) in [6, 6.07) is 16.5. The summed E-state index contributed by atoms with van der Waals surface area (Å²) in [6.45, 7) is 2.52. The SMILES string of the molecule is COc1cc(Nc2nc3cc(C(=O)O)ccc3n2CCCN(C)CCc2ccccn2)cc(OC)c1.[Li+].[OH-]. The van der Waals surface area contributed by atoms with E-state index in [1.165, 1.54) is 0 Å². The number of aryl methyl sites for hydroxylation is 1. The molecule has 0 spiro atoms. The smallest absolute Gasteiger partial charge is 0.870 e. The van der Waals surface area contributed by atoms with E-state index in [4.69, 9.17) is 14.5 Å². The van der Waals surface area contributed by atoms with Crippen LogP contribution in [-0.2, 0) is 13.0 Å². The Labute approximate surface area is 234 Å². The maximum atomic E-state index is 11.5. The molecule has 0 aliphatic carbocycles. The zero-order valence-electron chi connectivity index (χ0n) is 22.2. The van der Waals surface area contributed by atoms with Gasteiger partial charge in [0.2, 0.25) is 5.95 Å². The van der Waals surface area contributed by atoms with E-state index in [1.54, 1.807) is 32.4 Å². The minimum absolute atomic E-state index is 0. The number of nitrogens with zero attached hydrogens (tertiary/aromatic N) is 4. The number of methoxy groups -OCH3 is 2. The molecule has 3 N–H and O–H groups in total. The molecule has 4 aromatic rings. The van der Waals surface area contributed by atoms with Gasteiger partial charge in [0.1, 0.15) is 11.5 Å². The topological polar surface area (TPSA) is 132 Å². The van der Waals surface area contributed by atoms with E-state index in [1.807, 2.05) is 42.6 Å². The van der Waals surface area contributed by atoms with Crippen molar-refractivity contribution in [2.75, 3.05) is 39.7 Å².